The van der Waals surface area contributed by atoms with Crippen molar-refractivity contribution in [2.75, 3.05) is 19.6 Å². The lowest BCUT2D eigenvalue weighted by Crippen LogP contribution is -2.43. The van der Waals surface area contributed by atoms with Gasteiger partial charge >= 0.3 is 0 Å². The molecule has 0 radical (unpaired) electrons. The largest absolute Gasteiger partial charge is 0.309 e. The minimum atomic E-state index is 0.424. The van der Waals surface area contributed by atoms with Gasteiger partial charge < -0.3 is 5.32 Å². The molecule has 1 rings (SSSR count). The molecule has 2 nitrogen and oxygen atoms in total. The van der Waals surface area contributed by atoms with Gasteiger partial charge in [0.15, 0.2) is 0 Å². The summed E-state index contributed by atoms with van der Waals surface area (Å²) in [7, 11) is 0. The zero-order valence-electron chi connectivity index (χ0n) is 13.7. The third kappa shape index (κ3) is 5.26. The van der Waals surface area contributed by atoms with E-state index in [1.165, 1.54) is 31.4 Å². The van der Waals surface area contributed by atoms with Gasteiger partial charge in [0.05, 0.1) is 0 Å². The van der Waals surface area contributed by atoms with E-state index in [1.807, 2.05) is 0 Å². The molecule has 1 aromatic carbocycles. The van der Waals surface area contributed by atoms with E-state index in [9.17, 15) is 0 Å². The Kier molecular flexibility index (Phi) is 8.56. The molecule has 2 atom stereocenters. The van der Waals surface area contributed by atoms with Crippen molar-refractivity contribution in [1.29, 1.82) is 0 Å². The summed E-state index contributed by atoms with van der Waals surface area (Å²) in [4.78, 5) is 2.60. The summed E-state index contributed by atoms with van der Waals surface area (Å²) in [5.74, 6) is 0. The highest BCUT2D eigenvalue weighted by molar-refractivity contribution is 5.20. The molecule has 0 bridgehead atoms. The molecule has 0 amide bonds. The summed E-state index contributed by atoms with van der Waals surface area (Å²) >= 11 is 0. The second-order valence-corrected chi connectivity index (χ2v) is 5.57. The van der Waals surface area contributed by atoms with Gasteiger partial charge in [-0.05, 0) is 45.0 Å². The number of hydrogen-bond donors (Lipinski definition) is 1. The van der Waals surface area contributed by atoms with Crippen molar-refractivity contribution in [3.8, 4) is 0 Å². The summed E-state index contributed by atoms with van der Waals surface area (Å²) in [5.41, 5.74) is 1.41. The fourth-order valence-electron chi connectivity index (χ4n) is 2.75. The molecule has 0 aliphatic carbocycles. The lowest BCUT2D eigenvalue weighted by molar-refractivity contribution is 0.174. The first kappa shape index (κ1) is 17.2. The van der Waals surface area contributed by atoms with Gasteiger partial charge in [-0.15, -0.1) is 0 Å². The van der Waals surface area contributed by atoms with Crippen molar-refractivity contribution in [1.82, 2.24) is 10.2 Å². The maximum absolute atomic E-state index is 3.74. The molecule has 1 N–H and O–H groups in total. The van der Waals surface area contributed by atoms with Crippen molar-refractivity contribution < 1.29 is 0 Å². The zero-order chi connectivity index (χ0) is 14.8. The van der Waals surface area contributed by atoms with E-state index in [4.69, 9.17) is 0 Å². The molecule has 1 aromatic rings. The first-order valence-corrected chi connectivity index (χ1v) is 8.26. The van der Waals surface area contributed by atoms with E-state index in [-0.39, 0.29) is 0 Å². The molecule has 0 aliphatic rings. The van der Waals surface area contributed by atoms with Crippen LogP contribution < -0.4 is 5.32 Å². The number of unbranched alkanes of at least 4 members (excludes halogenated alkanes) is 1. The van der Waals surface area contributed by atoms with Crippen LogP contribution in [0.15, 0.2) is 30.3 Å². The third-order valence-corrected chi connectivity index (χ3v) is 4.04. The Morgan fingerprint density at radius 2 is 1.75 bits per heavy atom. The molecule has 0 saturated carbocycles. The Morgan fingerprint density at radius 3 is 2.30 bits per heavy atom. The first-order chi connectivity index (χ1) is 9.74. The van der Waals surface area contributed by atoms with Crippen molar-refractivity contribution >= 4 is 0 Å². The minimum Gasteiger partial charge on any atom is -0.309 e. The summed E-state index contributed by atoms with van der Waals surface area (Å²) in [6.45, 7) is 12.5. The van der Waals surface area contributed by atoms with Crippen molar-refractivity contribution in [3.63, 3.8) is 0 Å². The number of nitrogens with zero attached hydrogens (tertiary/aromatic N) is 1. The highest BCUT2D eigenvalue weighted by atomic mass is 15.2. The number of nitrogens with one attached hydrogen (secondary N) is 1. The SMILES string of the molecule is CCCCN(CC)C(C)C(NCCC)c1ccccc1. The predicted octanol–water partition coefficient (Wildman–Crippen LogP) is 4.24. The van der Waals surface area contributed by atoms with Crippen LogP contribution in [0, 0.1) is 0 Å². The van der Waals surface area contributed by atoms with Crippen LogP contribution in [0.2, 0.25) is 0 Å². The van der Waals surface area contributed by atoms with Gasteiger partial charge in [0.1, 0.15) is 0 Å². The highest BCUT2D eigenvalue weighted by Gasteiger charge is 2.23. The topological polar surface area (TPSA) is 15.3 Å². The molecule has 0 heterocycles. The summed E-state index contributed by atoms with van der Waals surface area (Å²) in [5, 5.41) is 3.74. The van der Waals surface area contributed by atoms with Crippen LogP contribution in [0.1, 0.15) is 58.6 Å². The van der Waals surface area contributed by atoms with E-state index in [0.717, 1.165) is 13.1 Å². The molecule has 0 fully saturated rings. The van der Waals surface area contributed by atoms with Crippen LogP contribution in [0.25, 0.3) is 0 Å². The summed E-state index contributed by atoms with van der Waals surface area (Å²) in [6.07, 6.45) is 3.73. The number of benzene rings is 1. The van der Waals surface area contributed by atoms with Gasteiger partial charge in [-0.25, -0.2) is 0 Å². The molecule has 2 heteroatoms. The quantitative estimate of drug-likeness (QED) is 0.687. The normalized spacial score (nSPS) is 14.4. The minimum absolute atomic E-state index is 0.424. The van der Waals surface area contributed by atoms with Gasteiger partial charge in [0.25, 0.3) is 0 Å². The molecule has 0 saturated heterocycles. The van der Waals surface area contributed by atoms with E-state index >= 15 is 0 Å². The molecule has 2 unspecified atom stereocenters. The molecular formula is C18H32N2. The van der Waals surface area contributed by atoms with Gasteiger partial charge in [-0.2, -0.15) is 0 Å². The predicted molar refractivity (Wildman–Crippen MR) is 89.1 cm³/mol. The second-order valence-electron chi connectivity index (χ2n) is 5.57. The van der Waals surface area contributed by atoms with Crippen molar-refractivity contribution in [3.05, 3.63) is 35.9 Å². The van der Waals surface area contributed by atoms with E-state index in [2.05, 4.69) is 68.2 Å². The van der Waals surface area contributed by atoms with Crippen LogP contribution in [0.4, 0.5) is 0 Å². The second kappa shape index (κ2) is 9.95. The Bertz CT molecular complexity index is 337. The highest BCUT2D eigenvalue weighted by Crippen LogP contribution is 2.21. The standard InChI is InChI=1S/C18H32N2/c1-5-8-15-20(7-3)16(4)18(19-14-6-2)17-12-10-9-11-13-17/h9-13,16,18-19H,5-8,14-15H2,1-4H3. The monoisotopic (exact) mass is 276 g/mol. The number of likely N-dealkylation sites (N-methyl/N-ethyl adjacent to an activating group) is 1. The maximum Gasteiger partial charge on any atom is 0.0475 e. The van der Waals surface area contributed by atoms with Crippen LogP contribution in [0.3, 0.4) is 0 Å². The van der Waals surface area contributed by atoms with Crippen molar-refractivity contribution in [2.24, 2.45) is 0 Å². The fourth-order valence-corrected chi connectivity index (χ4v) is 2.75. The van der Waals surface area contributed by atoms with E-state index in [1.54, 1.807) is 0 Å². The fraction of sp³-hybridized carbons (Fsp3) is 0.667. The van der Waals surface area contributed by atoms with Gasteiger partial charge in [-0.3, -0.25) is 4.90 Å². The van der Waals surface area contributed by atoms with Crippen LogP contribution in [0.5, 0.6) is 0 Å². The maximum atomic E-state index is 3.74. The Morgan fingerprint density at radius 1 is 1.05 bits per heavy atom. The molecule has 0 spiro atoms. The number of hydrogen-bond acceptors (Lipinski definition) is 2. The first-order valence-electron chi connectivity index (χ1n) is 8.26. The van der Waals surface area contributed by atoms with E-state index < -0.39 is 0 Å². The van der Waals surface area contributed by atoms with Gasteiger partial charge in [-0.1, -0.05) is 57.5 Å². The lowest BCUT2D eigenvalue weighted by atomic mass is 9.98. The average Bonchev–Trinajstić information content (AvgIpc) is 2.49. The summed E-state index contributed by atoms with van der Waals surface area (Å²) < 4.78 is 0. The smallest absolute Gasteiger partial charge is 0.0475 e. The van der Waals surface area contributed by atoms with Crippen LogP contribution in [-0.4, -0.2) is 30.6 Å². The van der Waals surface area contributed by atoms with Crippen LogP contribution in [-0.2, 0) is 0 Å². The summed E-state index contributed by atoms with van der Waals surface area (Å²) in [6, 6.07) is 11.8. The Labute approximate surface area is 125 Å². The third-order valence-electron chi connectivity index (χ3n) is 4.04. The molecule has 114 valence electrons. The molecule has 0 aliphatic heterocycles. The molecule has 0 aromatic heterocycles. The van der Waals surface area contributed by atoms with Gasteiger partial charge in [0.2, 0.25) is 0 Å². The zero-order valence-corrected chi connectivity index (χ0v) is 13.7. The lowest BCUT2D eigenvalue weighted by Gasteiger charge is -2.35. The Balaban J connectivity index is 2.80. The molecular weight excluding hydrogens is 244 g/mol. The van der Waals surface area contributed by atoms with Crippen molar-refractivity contribution in [2.45, 2.75) is 59.0 Å². The Hall–Kier alpha value is -0.860. The molecule has 20 heavy (non-hydrogen) atoms. The van der Waals surface area contributed by atoms with Gasteiger partial charge in [0, 0.05) is 12.1 Å². The van der Waals surface area contributed by atoms with E-state index in [0.29, 0.717) is 12.1 Å². The number of rotatable bonds is 10. The average molecular weight is 276 g/mol. The van der Waals surface area contributed by atoms with Crippen LogP contribution >= 0.6 is 0 Å².